The lowest BCUT2D eigenvalue weighted by Crippen LogP contribution is -2.13. The number of nitrogens with two attached hydrogens (primary N) is 1. The molecule has 2 rings (SSSR count). The van der Waals surface area contributed by atoms with Gasteiger partial charge in [0.15, 0.2) is 0 Å². The van der Waals surface area contributed by atoms with E-state index in [-0.39, 0.29) is 11.3 Å². The summed E-state index contributed by atoms with van der Waals surface area (Å²) >= 11 is 3.13. The number of anilines is 2. The van der Waals surface area contributed by atoms with Crippen molar-refractivity contribution in [1.29, 1.82) is 0 Å². The molecule has 0 unspecified atom stereocenters. The van der Waals surface area contributed by atoms with Gasteiger partial charge in [-0.3, -0.25) is 4.79 Å². The number of nitrogens with zero attached hydrogens (tertiary/aromatic N) is 1. The standard InChI is InChI=1S/C13H11BrFN3O2/c1-20-12-3-2-7(6-17-12)18-13(19)8-4-11(16)10(15)5-9(8)14/h2-6H,16H2,1H3,(H,18,19). The summed E-state index contributed by atoms with van der Waals surface area (Å²) in [7, 11) is 1.50. The van der Waals surface area contributed by atoms with Crippen molar-refractivity contribution in [3.8, 4) is 5.88 Å². The molecule has 0 saturated carbocycles. The van der Waals surface area contributed by atoms with Crippen LogP contribution in [-0.4, -0.2) is 18.0 Å². The Morgan fingerprint density at radius 1 is 1.45 bits per heavy atom. The van der Waals surface area contributed by atoms with E-state index in [0.717, 1.165) is 6.07 Å². The zero-order valence-electron chi connectivity index (χ0n) is 10.5. The molecule has 0 radical (unpaired) electrons. The molecule has 104 valence electrons. The zero-order valence-corrected chi connectivity index (χ0v) is 12.1. The first-order valence-corrected chi connectivity index (χ1v) is 6.36. The number of benzene rings is 1. The van der Waals surface area contributed by atoms with Crippen LogP contribution in [0.3, 0.4) is 0 Å². The van der Waals surface area contributed by atoms with E-state index >= 15 is 0 Å². The van der Waals surface area contributed by atoms with Crippen LogP contribution in [0.15, 0.2) is 34.9 Å². The lowest BCUT2D eigenvalue weighted by molar-refractivity contribution is 0.102. The number of hydrogen-bond donors (Lipinski definition) is 2. The summed E-state index contributed by atoms with van der Waals surface area (Å²) in [5.74, 6) is -0.565. The van der Waals surface area contributed by atoms with Crippen molar-refractivity contribution >= 4 is 33.2 Å². The average molecular weight is 340 g/mol. The van der Waals surface area contributed by atoms with E-state index in [1.165, 1.54) is 19.4 Å². The number of rotatable bonds is 3. The van der Waals surface area contributed by atoms with Crippen molar-refractivity contribution in [2.24, 2.45) is 0 Å². The van der Waals surface area contributed by atoms with Crippen molar-refractivity contribution in [2.75, 3.05) is 18.2 Å². The minimum Gasteiger partial charge on any atom is -0.481 e. The predicted molar refractivity (Wildman–Crippen MR) is 77.3 cm³/mol. The fourth-order valence-corrected chi connectivity index (χ4v) is 2.01. The number of ether oxygens (including phenoxy) is 1. The van der Waals surface area contributed by atoms with E-state index in [9.17, 15) is 9.18 Å². The van der Waals surface area contributed by atoms with E-state index in [1.54, 1.807) is 12.1 Å². The highest BCUT2D eigenvalue weighted by Crippen LogP contribution is 2.24. The number of nitrogen functional groups attached to an aromatic ring is 1. The number of pyridine rings is 1. The van der Waals surface area contributed by atoms with E-state index in [1.807, 2.05) is 0 Å². The third-order valence-corrected chi connectivity index (χ3v) is 3.19. The normalized spacial score (nSPS) is 10.2. The number of carbonyl (C=O) groups is 1. The lowest BCUT2D eigenvalue weighted by Gasteiger charge is -2.08. The largest absolute Gasteiger partial charge is 0.481 e. The molecule has 1 aromatic carbocycles. The molecule has 0 spiro atoms. The molecule has 1 aromatic heterocycles. The molecule has 5 nitrogen and oxygen atoms in total. The van der Waals surface area contributed by atoms with Crippen LogP contribution in [0, 0.1) is 5.82 Å². The molecule has 0 saturated heterocycles. The summed E-state index contributed by atoms with van der Waals surface area (Å²) in [5, 5.41) is 2.63. The zero-order chi connectivity index (χ0) is 14.7. The van der Waals surface area contributed by atoms with Gasteiger partial charge in [-0.05, 0) is 34.1 Å². The Balaban J connectivity index is 2.21. The SMILES string of the molecule is COc1ccc(NC(=O)c2cc(N)c(F)cc2Br)cn1. The average Bonchev–Trinajstić information content (AvgIpc) is 2.43. The summed E-state index contributed by atoms with van der Waals surface area (Å²) < 4.78 is 18.5. The van der Waals surface area contributed by atoms with Crippen molar-refractivity contribution in [2.45, 2.75) is 0 Å². The van der Waals surface area contributed by atoms with Gasteiger partial charge in [-0.25, -0.2) is 9.37 Å². The molecule has 0 aliphatic rings. The van der Waals surface area contributed by atoms with Crippen LogP contribution in [0.25, 0.3) is 0 Å². The van der Waals surface area contributed by atoms with Gasteiger partial charge in [0, 0.05) is 10.5 Å². The number of aromatic nitrogens is 1. The van der Waals surface area contributed by atoms with Crippen molar-refractivity contribution in [1.82, 2.24) is 4.98 Å². The van der Waals surface area contributed by atoms with Gasteiger partial charge in [-0.2, -0.15) is 0 Å². The summed E-state index contributed by atoms with van der Waals surface area (Å²) in [6.07, 6.45) is 1.46. The minimum atomic E-state index is -0.584. The summed E-state index contributed by atoms with van der Waals surface area (Å²) in [6.45, 7) is 0. The van der Waals surface area contributed by atoms with Gasteiger partial charge in [0.25, 0.3) is 5.91 Å². The maximum atomic E-state index is 13.2. The molecule has 7 heteroatoms. The Bertz CT molecular complexity index is 647. The molecule has 3 N–H and O–H groups in total. The molecule has 1 heterocycles. The van der Waals surface area contributed by atoms with Gasteiger partial charge in [0.05, 0.1) is 30.2 Å². The highest BCUT2D eigenvalue weighted by atomic mass is 79.9. The second-order valence-electron chi connectivity index (χ2n) is 3.90. The summed E-state index contributed by atoms with van der Waals surface area (Å²) in [5.41, 5.74) is 6.09. The van der Waals surface area contributed by atoms with Crippen LogP contribution < -0.4 is 15.8 Å². The quantitative estimate of drug-likeness (QED) is 0.843. The minimum absolute atomic E-state index is 0.0915. The molecule has 0 fully saturated rings. The molecule has 0 aliphatic heterocycles. The second-order valence-corrected chi connectivity index (χ2v) is 4.75. The van der Waals surface area contributed by atoms with E-state index in [0.29, 0.717) is 16.0 Å². The summed E-state index contributed by atoms with van der Waals surface area (Å²) in [6, 6.07) is 5.68. The Hall–Kier alpha value is -2.15. The smallest absolute Gasteiger partial charge is 0.256 e. The van der Waals surface area contributed by atoms with E-state index in [4.69, 9.17) is 10.5 Å². The van der Waals surface area contributed by atoms with E-state index in [2.05, 4.69) is 26.2 Å². The van der Waals surface area contributed by atoms with E-state index < -0.39 is 11.7 Å². The molecular weight excluding hydrogens is 329 g/mol. The number of carbonyl (C=O) groups excluding carboxylic acids is 1. The molecule has 2 aromatic rings. The fraction of sp³-hybridized carbons (Fsp3) is 0.0769. The number of amides is 1. The number of nitrogens with one attached hydrogen (secondary N) is 1. The summed E-state index contributed by atoms with van der Waals surface area (Å²) in [4.78, 5) is 16.0. The highest BCUT2D eigenvalue weighted by molar-refractivity contribution is 9.10. The molecule has 20 heavy (non-hydrogen) atoms. The lowest BCUT2D eigenvalue weighted by atomic mass is 10.2. The Morgan fingerprint density at radius 2 is 2.20 bits per heavy atom. The molecule has 0 atom stereocenters. The molecule has 0 aliphatic carbocycles. The Morgan fingerprint density at radius 3 is 2.80 bits per heavy atom. The first kappa shape index (κ1) is 14.3. The number of hydrogen-bond acceptors (Lipinski definition) is 4. The van der Waals surface area contributed by atoms with Crippen LogP contribution in [0.4, 0.5) is 15.8 Å². The van der Waals surface area contributed by atoms with Gasteiger partial charge in [0.1, 0.15) is 5.82 Å². The van der Waals surface area contributed by atoms with Gasteiger partial charge in [0.2, 0.25) is 5.88 Å². The Kier molecular flexibility index (Phi) is 4.19. The predicted octanol–water partition coefficient (Wildman–Crippen LogP) is 2.83. The second kappa shape index (κ2) is 5.87. The molecule has 0 bridgehead atoms. The molecule has 1 amide bonds. The third kappa shape index (κ3) is 3.05. The number of halogens is 2. The maximum absolute atomic E-state index is 13.2. The van der Waals surface area contributed by atoms with Crippen molar-refractivity contribution in [3.63, 3.8) is 0 Å². The van der Waals surface area contributed by atoms with Crippen molar-refractivity contribution < 1.29 is 13.9 Å². The third-order valence-electron chi connectivity index (χ3n) is 2.53. The van der Waals surface area contributed by atoms with Crippen LogP contribution in [0.5, 0.6) is 5.88 Å². The van der Waals surface area contributed by atoms with Crippen LogP contribution in [0.2, 0.25) is 0 Å². The first-order chi connectivity index (χ1) is 9.51. The van der Waals surface area contributed by atoms with Crippen LogP contribution in [0.1, 0.15) is 10.4 Å². The van der Waals surface area contributed by atoms with Crippen molar-refractivity contribution in [3.05, 3.63) is 46.3 Å². The number of methoxy groups -OCH3 is 1. The first-order valence-electron chi connectivity index (χ1n) is 5.57. The topological polar surface area (TPSA) is 77.2 Å². The Labute approximate surface area is 123 Å². The fourth-order valence-electron chi connectivity index (χ4n) is 1.51. The maximum Gasteiger partial charge on any atom is 0.256 e. The van der Waals surface area contributed by atoms with Crippen LogP contribution in [-0.2, 0) is 0 Å². The molecular formula is C13H11BrFN3O2. The van der Waals surface area contributed by atoms with Gasteiger partial charge in [-0.15, -0.1) is 0 Å². The van der Waals surface area contributed by atoms with Gasteiger partial charge < -0.3 is 15.8 Å². The monoisotopic (exact) mass is 339 g/mol. The van der Waals surface area contributed by atoms with Gasteiger partial charge in [-0.1, -0.05) is 0 Å². The van der Waals surface area contributed by atoms with Gasteiger partial charge >= 0.3 is 0 Å². The van der Waals surface area contributed by atoms with Crippen LogP contribution >= 0.6 is 15.9 Å². The highest BCUT2D eigenvalue weighted by Gasteiger charge is 2.13.